The number of unbranched alkanes of at least 4 members (excludes halogenated alkanes) is 1. The van der Waals surface area contributed by atoms with Crippen LogP contribution in [0.3, 0.4) is 0 Å². The normalized spacial score (nSPS) is 25.2. The Morgan fingerprint density at radius 3 is 2.26 bits per heavy atom. The molecule has 0 spiro atoms. The Labute approximate surface area is 243 Å². The highest BCUT2D eigenvalue weighted by Crippen LogP contribution is 2.70. The van der Waals surface area contributed by atoms with Gasteiger partial charge in [-0.2, -0.15) is 0 Å². The topological polar surface area (TPSA) is 184 Å². The van der Waals surface area contributed by atoms with Gasteiger partial charge in [-0.25, -0.2) is 0 Å². The molecule has 5 atom stereocenters. The Morgan fingerprint density at radius 2 is 1.69 bits per heavy atom. The molecule has 0 radical (unpaired) electrons. The van der Waals surface area contributed by atoms with Crippen LogP contribution >= 0.6 is 0 Å². The maximum absolute atomic E-state index is 13.0. The van der Waals surface area contributed by atoms with Crippen molar-refractivity contribution < 1.29 is 43.9 Å². The number of rotatable bonds is 10. The number of aliphatic hydroxyl groups excluding tert-OH is 1. The van der Waals surface area contributed by atoms with E-state index < -0.39 is 35.0 Å². The third-order valence-corrected chi connectivity index (χ3v) is 7.92. The zero-order valence-electron chi connectivity index (χ0n) is 23.4. The molecule has 3 aromatic carbocycles. The largest absolute Gasteiger partial charge is 0.497 e. The van der Waals surface area contributed by atoms with Crippen LogP contribution in [0.4, 0.5) is 0 Å². The zero-order valence-corrected chi connectivity index (χ0v) is 23.4. The smallest absolute Gasteiger partial charge is 0.290 e. The summed E-state index contributed by atoms with van der Waals surface area (Å²) < 4.78 is 23.8. The summed E-state index contributed by atoms with van der Waals surface area (Å²) in [6, 6.07) is 19.5. The van der Waals surface area contributed by atoms with Crippen LogP contribution in [0.25, 0.3) is 0 Å². The van der Waals surface area contributed by atoms with E-state index in [0.29, 0.717) is 35.8 Å². The van der Waals surface area contributed by atoms with Crippen molar-refractivity contribution in [2.45, 2.75) is 36.1 Å². The quantitative estimate of drug-likeness (QED) is 0.176. The molecule has 1 fully saturated rings. The molecule has 0 bridgehead atoms. The summed E-state index contributed by atoms with van der Waals surface area (Å²) in [5.74, 6) is -1.16. The van der Waals surface area contributed by atoms with Gasteiger partial charge in [0.15, 0.2) is 11.2 Å². The average molecular weight is 581 g/mol. The Kier molecular flexibility index (Phi) is 9.25. The van der Waals surface area contributed by atoms with Crippen molar-refractivity contribution in [3.63, 3.8) is 0 Å². The standard InChI is InChI=1S/C30H34N2O7.CH2O2/c1-36-20-12-10-19(11-13-20)30-25(18-8-4-3-5-9-18)24(28(32)34)27(33)29(30,35)26-22(37-2)16-21(17-23(26)39-30)38-15-7-6-14-31;2-1-3/h3-5,8-13,16-17,24-25,27,33,35H,6-7,14-15,31H2,1-2H3,(H2,32,34);1H,(H,2,3)/t24-,25-,27-,29+,30+;/m1./s1. The lowest BCUT2D eigenvalue weighted by molar-refractivity contribution is -0.154. The molecule has 7 N–H and O–H groups in total. The van der Waals surface area contributed by atoms with Crippen molar-refractivity contribution in [1.82, 2.24) is 0 Å². The van der Waals surface area contributed by atoms with Crippen molar-refractivity contribution in [2.24, 2.45) is 17.4 Å². The van der Waals surface area contributed by atoms with Crippen molar-refractivity contribution in [3.05, 3.63) is 83.4 Å². The van der Waals surface area contributed by atoms with E-state index in [4.69, 9.17) is 40.3 Å². The first-order valence-electron chi connectivity index (χ1n) is 13.5. The minimum Gasteiger partial charge on any atom is -0.497 e. The summed E-state index contributed by atoms with van der Waals surface area (Å²) in [7, 11) is 3.02. The highest BCUT2D eigenvalue weighted by atomic mass is 16.5. The molecule has 1 saturated carbocycles. The summed E-state index contributed by atoms with van der Waals surface area (Å²) in [6.45, 7) is 0.753. The number of carbonyl (C=O) groups is 2. The van der Waals surface area contributed by atoms with Gasteiger partial charge in [0.25, 0.3) is 6.47 Å². The molecule has 11 nitrogen and oxygen atoms in total. The number of aliphatic hydroxyl groups is 2. The number of hydrogen-bond donors (Lipinski definition) is 5. The molecule has 1 aliphatic heterocycles. The summed E-state index contributed by atoms with van der Waals surface area (Å²) in [5, 5.41) is 31.5. The molecule has 224 valence electrons. The van der Waals surface area contributed by atoms with Crippen molar-refractivity contribution >= 4 is 12.4 Å². The Bertz CT molecular complexity index is 1390. The molecule has 0 aromatic heterocycles. The van der Waals surface area contributed by atoms with E-state index in [9.17, 15) is 15.0 Å². The van der Waals surface area contributed by atoms with E-state index in [1.807, 2.05) is 30.3 Å². The Balaban J connectivity index is 0.00000129. The number of benzene rings is 3. The fourth-order valence-electron chi connectivity index (χ4n) is 6.22. The lowest BCUT2D eigenvalue weighted by Gasteiger charge is -2.40. The lowest BCUT2D eigenvalue weighted by atomic mass is 9.70. The number of methoxy groups -OCH3 is 2. The van der Waals surface area contributed by atoms with Crippen LogP contribution in [0, 0.1) is 5.92 Å². The van der Waals surface area contributed by atoms with E-state index in [2.05, 4.69) is 0 Å². The van der Waals surface area contributed by atoms with Crippen molar-refractivity contribution in [3.8, 4) is 23.0 Å². The SMILES string of the molecule is COc1ccc([C@@]23Oc4cc(OCCCCN)cc(OC)c4[C@]2(O)[C@H](O)[C@H](C(N)=O)[C@H]3c2ccccc2)cc1.O=CO. The van der Waals surface area contributed by atoms with Crippen LogP contribution in [0.1, 0.15) is 35.4 Å². The molecular weight excluding hydrogens is 544 g/mol. The van der Waals surface area contributed by atoms with Crippen molar-refractivity contribution in [1.29, 1.82) is 0 Å². The first-order chi connectivity index (χ1) is 20.2. The Hall–Kier alpha value is -4.32. The molecule has 1 heterocycles. The number of ether oxygens (including phenoxy) is 4. The molecule has 1 aliphatic carbocycles. The summed E-state index contributed by atoms with van der Waals surface area (Å²) >= 11 is 0. The first-order valence-corrected chi connectivity index (χ1v) is 13.5. The van der Waals surface area contributed by atoms with E-state index in [1.165, 1.54) is 7.11 Å². The van der Waals surface area contributed by atoms with Crippen LogP contribution in [-0.4, -0.2) is 61.2 Å². The molecule has 0 unspecified atom stereocenters. The van der Waals surface area contributed by atoms with Crippen LogP contribution in [0.15, 0.2) is 66.7 Å². The number of nitrogens with two attached hydrogens (primary N) is 2. The molecule has 1 amide bonds. The number of hydrogen-bond acceptors (Lipinski definition) is 9. The van der Waals surface area contributed by atoms with E-state index >= 15 is 0 Å². The monoisotopic (exact) mass is 580 g/mol. The summed E-state index contributed by atoms with van der Waals surface area (Å²) in [5.41, 5.74) is 9.19. The van der Waals surface area contributed by atoms with E-state index in [-0.39, 0.29) is 23.5 Å². The third-order valence-electron chi connectivity index (χ3n) is 7.92. The number of fused-ring (bicyclic) bond motifs is 3. The molecule has 11 heteroatoms. The second-order valence-electron chi connectivity index (χ2n) is 10.0. The van der Waals surface area contributed by atoms with E-state index in [1.54, 1.807) is 43.5 Å². The van der Waals surface area contributed by atoms with Gasteiger partial charge >= 0.3 is 0 Å². The maximum Gasteiger partial charge on any atom is 0.290 e. The van der Waals surface area contributed by atoms with Gasteiger partial charge in [-0.1, -0.05) is 42.5 Å². The highest BCUT2D eigenvalue weighted by molar-refractivity contribution is 5.81. The molecule has 0 saturated heterocycles. The molecule has 42 heavy (non-hydrogen) atoms. The van der Waals surface area contributed by atoms with Crippen LogP contribution in [0.5, 0.6) is 23.0 Å². The summed E-state index contributed by atoms with van der Waals surface area (Å²) in [4.78, 5) is 21.3. The molecular formula is C31H36N2O9. The van der Waals surface area contributed by atoms with Gasteiger partial charge in [-0.05, 0) is 42.6 Å². The predicted molar refractivity (Wildman–Crippen MR) is 153 cm³/mol. The minimum absolute atomic E-state index is 0.229. The van der Waals surface area contributed by atoms with Gasteiger partial charge < -0.3 is 45.7 Å². The Morgan fingerprint density at radius 1 is 1.02 bits per heavy atom. The van der Waals surface area contributed by atoms with Gasteiger partial charge in [0, 0.05) is 18.1 Å². The van der Waals surface area contributed by atoms with Gasteiger partial charge in [0.05, 0.1) is 32.3 Å². The third kappa shape index (κ3) is 4.89. The highest BCUT2D eigenvalue weighted by Gasteiger charge is 2.77. The van der Waals surface area contributed by atoms with Gasteiger partial charge in [-0.3, -0.25) is 9.59 Å². The van der Waals surface area contributed by atoms with Crippen LogP contribution < -0.4 is 30.4 Å². The average Bonchev–Trinajstić information content (AvgIpc) is 3.38. The number of primary amides is 1. The second-order valence-corrected chi connectivity index (χ2v) is 10.0. The van der Waals surface area contributed by atoms with Crippen LogP contribution in [0.2, 0.25) is 0 Å². The minimum atomic E-state index is -2.11. The lowest BCUT2D eigenvalue weighted by Crippen LogP contribution is -2.52. The van der Waals surface area contributed by atoms with Crippen molar-refractivity contribution in [2.75, 3.05) is 27.4 Å². The zero-order chi connectivity index (χ0) is 30.5. The van der Waals surface area contributed by atoms with Gasteiger partial charge in [0.2, 0.25) is 5.91 Å². The number of amides is 1. The van der Waals surface area contributed by atoms with Gasteiger partial charge in [-0.15, -0.1) is 0 Å². The fourth-order valence-corrected chi connectivity index (χ4v) is 6.22. The van der Waals surface area contributed by atoms with E-state index in [0.717, 1.165) is 12.8 Å². The van der Waals surface area contributed by atoms with Crippen LogP contribution in [-0.2, 0) is 20.8 Å². The predicted octanol–water partition coefficient (Wildman–Crippen LogP) is 2.26. The molecule has 3 aromatic rings. The second kappa shape index (κ2) is 12.7. The summed E-state index contributed by atoms with van der Waals surface area (Å²) in [6.07, 6.45) is -0.0296. The fraction of sp³-hybridized carbons (Fsp3) is 0.355. The molecule has 2 aliphatic rings. The molecule has 5 rings (SSSR count). The van der Waals surface area contributed by atoms with Gasteiger partial charge in [0.1, 0.15) is 29.1 Å². The maximum atomic E-state index is 13.0. The number of carboxylic acid groups (broad SMARTS) is 1. The number of carbonyl (C=O) groups excluding carboxylic acids is 1. The first kappa shape index (κ1) is 30.6.